The second-order valence-corrected chi connectivity index (χ2v) is 12.2. The number of rotatable bonds is 8. The van der Waals surface area contributed by atoms with Gasteiger partial charge >= 0.3 is 0 Å². The molecule has 0 saturated heterocycles. The average molecular weight is 597 g/mol. The number of Topliss-reactive ketones (excluding diaryl/α,β-unsaturated/α-hetero) is 1. The number of fused-ring (bicyclic) bond motifs is 1. The summed E-state index contributed by atoms with van der Waals surface area (Å²) in [6.07, 6.45) is 5.77. The summed E-state index contributed by atoms with van der Waals surface area (Å²) in [7, 11) is 1.57. The minimum atomic E-state index is -0.661. The number of thiophene rings is 1. The van der Waals surface area contributed by atoms with Gasteiger partial charge in [-0.15, -0.1) is 11.3 Å². The number of nitrogens with zero attached hydrogens (tertiary/aromatic N) is 2. The number of ketones is 1. The molecule has 1 amide bonds. The van der Waals surface area contributed by atoms with Crippen LogP contribution in [0.3, 0.4) is 0 Å². The Kier molecular flexibility index (Phi) is 8.71. The third-order valence-electron chi connectivity index (χ3n) is 7.87. The van der Waals surface area contributed by atoms with Gasteiger partial charge in [-0.2, -0.15) is 0 Å². The smallest absolute Gasteiger partial charge is 0.265 e. The molecule has 0 radical (unpaired) electrons. The van der Waals surface area contributed by atoms with E-state index in [1.54, 1.807) is 24.3 Å². The predicted molar refractivity (Wildman–Crippen MR) is 159 cm³/mol. The van der Waals surface area contributed by atoms with E-state index in [0.717, 1.165) is 65.8 Å². The van der Waals surface area contributed by atoms with Crippen molar-refractivity contribution in [3.8, 4) is 16.9 Å². The first-order valence-electron chi connectivity index (χ1n) is 13.7. The van der Waals surface area contributed by atoms with Crippen molar-refractivity contribution in [1.82, 2.24) is 9.88 Å². The van der Waals surface area contributed by atoms with E-state index in [1.807, 2.05) is 24.3 Å². The summed E-state index contributed by atoms with van der Waals surface area (Å²) in [5.41, 5.74) is 2.78. The number of hydrogen-bond acceptors (Lipinski definition) is 5. The highest BCUT2D eigenvalue weighted by Crippen LogP contribution is 2.40. The summed E-state index contributed by atoms with van der Waals surface area (Å²) in [4.78, 5) is 32.0. The van der Waals surface area contributed by atoms with Gasteiger partial charge in [0, 0.05) is 31.8 Å². The molecule has 5 rings (SSSR count). The summed E-state index contributed by atoms with van der Waals surface area (Å²) in [6.45, 7) is 4.41. The van der Waals surface area contributed by atoms with Crippen LogP contribution < -0.4 is 4.74 Å². The largest absolute Gasteiger partial charge is 0.496 e. The molecule has 0 bridgehead atoms. The molecule has 1 aliphatic rings. The molecule has 4 aromatic rings. The number of ether oxygens (including phenoxy) is 1. The maximum Gasteiger partial charge on any atom is 0.265 e. The summed E-state index contributed by atoms with van der Waals surface area (Å²) in [5, 5.41) is -0.131. The highest BCUT2D eigenvalue weighted by molar-refractivity contribution is 7.21. The Morgan fingerprint density at radius 2 is 1.76 bits per heavy atom. The van der Waals surface area contributed by atoms with E-state index in [4.69, 9.17) is 16.3 Å². The summed E-state index contributed by atoms with van der Waals surface area (Å²) < 4.78 is 34.9. The van der Waals surface area contributed by atoms with Gasteiger partial charge in [-0.05, 0) is 72.2 Å². The van der Waals surface area contributed by atoms with E-state index in [1.165, 1.54) is 6.92 Å². The monoisotopic (exact) mass is 596 g/mol. The van der Waals surface area contributed by atoms with Crippen molar-refractivity contribution >= 4 is 44.7 Å². The standard InChI is InChI=1S/C32H31ClF2N2O3S/c1-18-4-6-20(7-5-18)16-37(32(39)31-29(33)28-24(34)9-10-25(35)30(28)41-31)17-23-14-21(8-11-27(23)40-3)22-12-13-36-26(15-22)19(2)38/h8-15,18,20H,4-7,16-17H2,1-3H3. The number of carbonyl (C=O) groups excluding carboxylic acids is 2. The fourth-order valence-electron chi connectivity index (χ4n) is 5.51. The van der Waals surface area contributed by atoms with Crippen LogP contribution in [-0.2, 0) is 6.54 Å². The molecule has 2 aromatic carbocycles. The van der Waals surface area contributed by atoms with E-state index < -0.39 is 11.6 Å². The van der Waals surface area contributed by atoms with Gasteiger partial charge in [-0.3, -0.25) is 14.6 Å². The number of pyridine rings is 1. The normalized spacial score (nSPS) is 17.0. The van der Waals surface area contributed by atoms with Gasteiger partial charge in [0.1, 0.15) is 28.0 Å². The van der Waals surface area contributed by atoms with Crippen molar-refractivity contribution < 1.29 is 23.1 Å². The van der Waals surface area contributed by atoms with E-state index in [9.17, 15) is 18.4 Å². The van der Waals surface area contributed by atoms with Crippen LogP contribution in [0.4, 0.5) is 8.78 Å². The Labute approximate surface area is 247 Å². The molecule has 1 fully saturated rings. The van der Waals surface area contributed by atoms with E-state index in [0.29, 0.717) is 29.8 Å². The maximum atomic E-state index is 14.6. The zero-order valence-corrected chi connectivity index (χ0v) is 24.7. The first kappa shape index (κ1) is 29.1. The van der Waals surface area contributed by atoms with Crippen molar-refractivity contribution in [2.45, 2.75) is 46.1 Å². The second kappa shape index (κ2) is 12.2. The first-order chi connectivity index (χ1) is 19.7. The average Bonchev–Trinajstić information content (AvgIpc) is 3.33. The zero-order chi connectivity index (χ0) is 29.3. The van der Waals surface area contributed by atoms with E-state index in [2.05, 4.69) is 11.9 Å². The van der Waals surface area contributed by atoms with Crippen LogP contribution in [0, 0.1) is 23.5 Å². The molecule has 9 heteroatoms. The van der Waals surface area contributed by atoms with Crippen molar-refractivity contribution in [1.29, 1.82) is 0 Å². The molecule has 41 heavy (non-hydrogen) atoms. The number of aromatic nitrogens is 1. The lowest BCUT2D eigenvalue weighted by Gasteiger charge is -2.32. The number of methoxy groups -OCH3 is 1. The molecule has 0 unspecified atom stereocenters. The van der Waals surface area contributed by atoms with Gasteiger partial charge in [-0.1, -0.05) is 37.4 Å². The Balaban J connectivity index is 1.54. The van der Waals surface area contributed by atoms with Crippen LogP contribution in [0.1, 0.15) is 65.3 Å². The van der Waals surface area contributed by atoms with Gasteiger partial charge in [-0.25, -0.2) is 8.78 Å². The Morgan fingerprint density at radius 3 is 2.44 bits per heavy atom. The summed E-state index contributed by atoms with van der Waals surface area (Å²) in [6, 6.07) is 11.3. The molecule has 1 saturated carbocycles. The highest BCUT2D eigenvalue weighted by Gasteiger charge is 2.29. The van der Waals surface area contributed by atoms with Crippen molar-refractivity contribution in [3.63, 3.8) is 0 Å². The molecular formula is C32H31ClF2N2O3S. The van der Waals surface area contributed by atoms with E-state index >= 15 is 0 Å². The SMILES string of the molecule is COc1ccc(-c2ccnc(C(C)=O)c2)cc1CN(CC1CCC(C)CC1)C(=O)c1sc2c(F)ccc(F)c2c1Cl. The number of halogens is 3. The molecule has 5 nitrogen and oxygen atoms in total. The summed E-state index contributed by atoms with van der Waals surface area (Å²) >= 11 is 7.42. The fraction of sp³-hybridized carbons (Fsp3) is 0.344. The minimum Gasteiger partial charge on any atom is -0.496 e. The van der Waals surface area contributed by atoms with Crippen LogP contribution in [0.2, 0.25) is 5.02 Å². The maximum absolute atomic E-state index is 14.6. The van der Waals surface area contributed by atoms with Crippen LogP contribution in [0.5, 0.6) is 5.75 Å². The number of benzene rings is 2. The molecule has 0 N–H and O–H groups in total. The lowest BCUT2D eigenvalue weighted by atomic mass is 9.82. The number of hydrogen-bond donors (Lipinski definition) is 0. The molecule has 0 spiro atoms. The molecule has 214 valence electrons. The van der Waals surface area contributed by atoms with Crippen LogP contribution in [0.25, 0.3) is 21.2 Å². The Hall–Kier alpha value is -3.36. The zero-order valence-electron chi connectivity index (χ0n) is 23.2. The lowest BCUT2D eigenvalue weighted by molar-refractivity contribution is 0.0696. The molecule has 0 aliphatic heterocycles. The molecular weight excluding hydrogens is 566 g/mol. The van der Waals surface area contributed by atoms with Crippen LogP contribution >= 0.6 is 22.9 Å². The third kappa shape index (κ3) is 6.14. The van der Waals surface area contributed by atoms with Gasteiger partial charge in [0.25, 0.3) is 5.91 Å². The fourth-order valence-corrected chi connectivity index (χ4v) is 7.03. The van der Waals surface area contributed by atoms with Crippen molar-refractivity contribution in [2.75, 3.05) is 13.7 Å². The highest BCUT2D eigenvalue weighted by atomic mass is 35.5. The Bertz CT molecular complexity index is 1610. The van der Waals surface area contributed by atoms with Gasteiger partial charge in [0.15, 0.2) is 5.78 Å². The Morgan fingerprint density at radius 1 is 1.05 bits per heavy atom. The van der Waals surface area contributed by atoms with Gasteiger partial charge < -0.3 is 9.64 Å². The van der Waals surface area contributed by atoms with Crippen molar-refractivity contribution in [2.24, 2.45) is 11.8 Å². The number of carbonyl (C=O) groups is 2. The number of amides is 1. The second-order valence-electron chi connectivity index (χ2n) is 10.8. The minimum absolute atomic E-state index is 0.0309. The third-order valence-corrected chi connectivity index (χ3v) is 9.55. The summed E-state index contributed by atoms with van der Waals surface area (Å²) in [5.74, 6) is -0.233. The van der Waals surface area contributed by atoms with Gasteiger partial charge in [0.05, 0.1) is 22.2 Å². The molecule has 0 atom stereocenters. The quantitative estimate of drug-likeness (QED) is 0.191. The van der Waals surface area contributed by atoms with Crippen molar-refractivity contribution in [3.05, 3.63) is 81.5 Å². The van der Waals surface area contributed by atoms with E-state index in [-0.39, 0.29) is 38.2 Å². The lowest BCUT2D eigenvalue weighted by Crippen LogP contribution is -2.36. The molecule has 1 aliphatic carbocycles. The topological polar surface area (TPSA) is 59.5 Å². The first-order valence-corrected chi connectivity index (χ1v) is 14.8. The predicted octanol–water partition coefficient (Wildman–Crippen LogP) is 8.57. The molecule has 2 heterocycles. The molecule has 2 aromatic heterocycles. The van der Waals surface area contributed by atoms with Crippen LogP contribution in [-0.4, -0.2) is 35.2 Å². The van der Waals surface area contributed by atoms with Gasteiger partial charge in [0.2, 0.25) is 0 Å². The van der Waals surface area contributed by atoms with Crippen LogP contribution in [0.15, 0.2) is 48.7 Å².